The maximum Gasteiger partial charge on any atom is 0.251 e. The molecule has 0 aliphatic carbocycles. The molecule has 1 aromatic carbocycles. The van der Waals surface area contributed by atoms with E-state index in [4.69, 9.17) is 4.74 Å². The average Bonchev–Trinajstić information content (AvgIpc) is 2.45. The Morgan fingerprint density at radius 2 is 2.21 bits per heavy atom. The third-order valence-electron chi connectivity index (χ3n) is 3.17. The number of ether oxygens (including phenoxy) is 1. The van der Waals surface area contributed by atoms with E-state index in [1.165, 1.54) is 0 Å². The molecule has 1 N–H and O–H groups in total. The van der Waals surface area contributed by atoms with E-state index in [0.29, 0.717) is 6.61 Å². The minimum absolute atomic E-state index is 0.0801. The summed E-state index contributed by atoms with van der Waals surface area (Å²) in [4.78, 5) is 14.0. The van der Waals surface area contributed by atoms with Crippen LogP contribution in [0.1, 0.15) is 12.5 Å². The van der Waals surface area contributed by atoms with Gasteiger partial charge in [0.1, 0.15) is 6.10 Å². The van der Waals surface area contributed by atoms with Crippen molar-refractivity contribution in [1.29, 1.82) is 0 Å². The van der Waals surface area contributed by atoms with Gasteiger partial charge in [-0.1, -0.05) is 28.1 Å². The van der Waals surface area contributed by atoms with Gasteiger partial charge in [-0.05, 0) is 24.6 Å². The third-order valence-corrected chi connectivity index (χ3v) is 3.66. The van der Waals surface area contributed by atoms with Crippen molar-refractivity contribution in [3.05, 3.63) is 34.3 Å². The van der Waals surface area contributed by atoms with E-state index in [1.807, 2.05) is 36.1 Å². The first-order chi connectivity index (χ1) is 9.16. The molecular weight excluding hydrogens is 308 g/mol. The summed E-state index contributed by atoms with van der Waals surface area (Å²) in [5.41, 5.74) is 1.06. The van der Waals surface area contributed by atoms with Gasteiger partial charge in [0.2, 0.25) is 0 Å². The Labute approximate surface area is 122 Å². The lowest BCUT2D eigenvalue weighted by molar-refractivity contribution is -0.144. The highest BCUT2D eigenvalue weighted by atomic mass is 79.9. The molecule has 5 heteroatoms. The molecule has 1 amide bonds. The lowest BCUT2D eigenvalue weighted by Crippen LogP contribution is -2.49. The molecule has 0 spiro atoms. The minimum atomic E-state index is -0.392. The first-order valence-electron chi connectivity index (χ1n) is 6.52. The van der Waals surface area contributed by atoms with Crippen LogP contribution in [0.2, 0.25) is 0 Å². The Morgan fingerprint density at radius 1 is 1.47 bits per heavy atom. The average molecular weight is 327 g/mol. The molecule has 1 atom stereocenters. The van der Waals surface area contributed by atoms with Gasteiger partial charge in [0.25, 0.3) is 5.91 Å². The zero-order valence-corrected chi connectivity index (χ0v) is 12.6. The number of hydrogen-bond donors (Lipinski definition) is 1. The van der Waals surface area contributed by atoms with Gasteiger partial charge in [-0.25, -0.2) is 0 Å². The standard InChI is InChI=1S/C14H19BrN2O2/c1-11(14(18)17-7-5-16-6-8-17)19-10-12-3-2-4-13(15)9-12/h2-4,9,11,16H,5-8,10H2,1H3. The SMILES string of the molecule is CC(OCc1cccc(Br)c1)C(=O)N1CCNCC1. The van der Waals surface area contributed by atoms with Gasteiger partial charge in [0.15, 0.2) is 0 Å². The molecule has 1 heterocycles. The summed E-state index contributed by atoms with van der Waals surface area (Å²) >= 11 is 3.42. The molecule has 104 valence electrons. The molecule has 1 saturated heterocycles. The van der Waals surface area contributed by atoms with Gasteiger partial charge in [-0.2, -0.15) is 0 Å². The maximum atomic E-state index is 12.2. The van der Waals surface area contributed by atoms with Crippen molar-refractivity contribution in [2.24, 2.45) is 0 Å². The number of benzene rings is 1. The van der Waals surface area contributed by atoms with E-state index in [-0.39, 0.29) is 5.91 Å². The molecule has 0 aromatic heterocycles. The molecule has 0 bridgehead atoms. The van der Waals surface area contributed by atoms with Gasteiger partial charge in [-0.3, -0.25) is 4.79 Å². The van der Waals surface area contributed by atoms with Crippen LogP contribution in [0.4, 0.5) is 0 Å². The summed E-state index contributed by atoms with van der Waals surface area (Å²) in [5, 5.41) is 3.23. The molecular formula is C14H19BrN2O2. The molecule has 1 unspecified atom stereocenters. The number of piperazine rings is 1. The fraction of sp³-hybridized carbons (Fsp3) is 0.500. The number of carbonyl (C=O) groups is 1. The van der Waals surface area contributed by atoms with Crippen molar-refractivity contribution in [3.8, 4) is 0 Å². The summed E-state index contributed by atoms with van der Waals surface area (Å²) in [7, 11) is 0. The largest absolute Gasteiger partial charge is 0.364 e. The van der Waals surface area contributed by atoms with Crippen molar-refractivity contribution < 1.29 is 9.53 Å². The second-order valence-electron chi connectivity index (χ2n) is 4.66. The van der Waals surface area contributed by atoms with Crippen molar-refractivity contribution in [2.75, 3.05) is 26.2 Å². The number of nitrogens with zero attached hydrogens (tertiary/aromatic N) is 1. The molecule has 0 saturated carbocycles. The molecule has 1 aliphatic heterocycles. The molecule has 0 radical (unpaired) electrons. The second-order valence-corrected chi connectivity index (χ2v) is 5.57. The predicted molar refractivity (Wildman–Crippen MR) is 77.8 cm³/mol. The van der Waals surface area contributed by atoms with Crippen LogP contribution in [0.3, 0.4) is 0 Å². The number of hydrogen-bond acceptors (Lipinski definition) is 3. The number of halogens is 1. The predicted octanol–water partition coefficient (Wildman–Crippen LogP) is 1.79. The monoisotopic (exact) mass is 326 g/mol. The third kappa shape index (κ3) is 4.30. The number of carbonyl (C=O) groups excluding carboxylic acids is 1. The van der Waals surface area contributed by atoms with Crippen LogP contribution in [-0.4, -0.2) is 43.1 Å². The first kappa shape index (κ1) is 14.5. The van der Waals surface area contributed by atoms with Crippen molar-refractivity contribution >= 4 is 21.8 Å². The van der Waals surface area contributed by atoms with Gasteiger partial charge < -0.3 is 15.0 Å². The van der Waals surface area contributed by atoms with E-state index in [2.05, 4.69) is 21.2 Å². The maximum absolute atomic E-state index is 12.2. The zero-order chi connectivity index (χ0) is 13.7. The van der Waals surface area contributed by atoms with Crippen LogP contribution in [0.25, 0.3) is 0 Å². The lowest BCUT2D eigenvalue weighted by Gasteiger charge is -2.29. The molecule has 1 aromatic rings. The summed E-state index contributed by atoms with van der Waals surface area (Å²) < 4.78 is 6.69. The highest BCUT2D eigenvalue weighted by Crippen LogP contribution is 2.13. The molecule has 1 aliphatic rings. The molecule has 19 heavy (non-hydrogen) atoms. The Bertz CT molecular complexity index is 433. The summed E-state index contributed by atoms with van der Waals surface area (Å²) in [6, 6.07) is 7.93. The summed E-state index contributed by atoms with van der Waals surface area (Å²) in [6.45, 7) is 5.54. The second kappa shape index (κ2) is 7.03. The van der Waals surface area contributed by atoms with Gasteiger partial charge in [0, 0.05) is 30.7 Å². The number of amides is 1. The van der Waals surface area contributed by atoms with E-state index in [0.717, 1.165) is 36.2 Å². The van der Waals surface area contributed by atoms with E-state index < -0.39 is 6.10 Å². The zero-order valence-electron chi connectivity index (χ0n) is 11.1. The van der Waals surface area contributed by atoms with Crippen LogP contribution in [0.5, 0.6) is 0 Å². The quantitative estimate of drug-likeness (QED) is 0.917. The molecule has 1 fully saturated rings. The highest BCUT2D eigenvalue weighted by Gasteiger charge is 2.22. The Morgan fingerprint density at radius 3 is 2.89 bits per heavy atom. The summed E-state index contributed by atoms with van der Waals surface area (Å²) in [6.07, 6.45) is -0.392. The van der Waals surface area contributed by atoms with Crippen LogP contribution in [0, 0.1) is 0 Å². The highest BCUT2D eigenvalue weighted by molar-refractivity contribution is 9.10. The molecule has 4 nitrogen and oxygen atoms in total. The minimum Gasteiger partial charge on any atom is -0.364 e. The Balaban J connectivity index is 1.83. The Kier molecular flexibility index (Phi) is 5.36. The van der Waals surface area contributed by atoms with Gasteiger partial charge in [-0.15, -0.1) is 0 Å². The molecule has 2 rings (SSSR count). The van der Waals surface area contributed by atoms with E-state index >= 15 is 0 Å². The number of rotatable bonds is 4. The van der Waals surface area contributed by atoms with Crippen LogP contribution in [0.15, 0.2) is 28.7 Å². The van der Waals surface area contributed by atoms with Crippen LogP contribution in [-0.2, 0) is 16.1 Å². The van der Waals surface area contributed by atoms with Crippen LogP contribution >= 0.6 is 15.9 Å². The van der Waals surface area contributed by atoms with Crippen molar-refractivity contribution in [2.45, 2.75) is 19.6 Å². The van der Waals surface area contributed by atoms with Gasteiger partial charge in [0.05, 0.1) is 6.61 Å². The Hall–Kier alpha value is -0.910. The van der Waals surface area contributed by atoms with Crippen LogP contribution < -0.4 is 5.32 Å². The van der Waals surface area contributed by atoms with Crippen molar-refractivity contribution in [1.82, 2.24) is 10.2 Å². The van der Waals surface area contributed by atoms with Gasteiger partial charge >= 0.3 is 0 Å². The first-order valence-corrected chi connectivity index (χ1v) is 7.31. The number of nitrogens with one attached hydrogen (secondary N) is 1. The smallest absolute Gasteiger partial charge is 0.251 e. The fourth-order valence-corrected chi connectivity index (χ4v) is 2.51. The normalized spacial score (nSPS) is 17.3. The summed E-state index contributed by atoms with van der Waals surface area (Å²) in [5.74, 6) is 0.0801. The van der Waals surface area contributed by atoms with E-state index in [9.17, 15) is 4.79 Å². The fourth-order valence-electron chi connectivity index (χ4n) is 2.06. The van der Waals surface area contributed by atoms with E-state index in [1.54, 1.807) is 0 Å². The van der Waals surface area contributed by atoms with Crippen molar-refractivity contribution in [3.63, 3.8) is 0 Å². The lowest BCUT2D eigenvalue weighted by atomic mass is 10.2. The topological polar surface area (TPSA) is 41.6 Å².